The number of rotatable bonds is 3. The van der Waals surface area contributed by atoms with Gasteiger partial charge < -0.3 is 9.72 Å². The van der Waals surface area contributed by atoms with Gasteiger partial charge in [-0.05, 0) is 30.5 Å². The predicted octanol–water partition coefficient (Wildman–Crippen LogP) is 2.56. The van der Waals surface area contributed by atoms with Gasteiger partial charge in [-0.2, -0.15) is 0 Å². The summed E-state index contributed by atoms with van der Waals surface area (Å²) >= 11 is 1.80. The van der Waals surface area contributed by atoms with Crippen molar-refractivity contribution < 1.29 is 9.53 Å². The fourth-order valence-corrected chi connectivity index (χ4v) is 3.42. The molecule has 2 aromatic rings. The molecule has 2 heterocycles. The third-order valence-corrected chi connectivity index (χ3v) is 4.40. The number of ether oxygens (including phenoxy) is 1. The van der Waals surface area contributed by atoms with Crippen LogP contribution in [0.1, 0.15) is 27.6 Å². The zero-order valence-corrected chi connectivity index (χ0v) is 11.4. The van der Waals surface area contributed by atoms with E-state index in [-0.39, 0.29) is 5.97 Å². The Balaban J connectivity index is 1.84. The summed E-state index contributed by atoms with van der Waals surface area (Å²) in [6.45, 7) is 0. The number of aromatic nitrogens is 2. The average Bonchev–Trinajstić information content (AvgIpc) is 3.05. The molecule has 0 atom stereocenters. The first kappa shape index (κ1) is 12.2. The molecule has 0 aliphatic heterocycles. The molecule has 0 aromatic carbocycles. The summed E-state index contributed by atoms with van der Waals surface area (Å²) in [5.74, 6) is 0.750. The second kappa shape index (κ2) is 5.01. The second-order valence-electron chi connectivity index (χ2n) is 4.47. The summed E-state index contributed by atoms with van der Waals surface area (Å²) in [6, 6.07) is 2.14. The minimum Gasteiger partial charge on any atom is -0.466 e. The summed E-state index contributed by atoms with van der Waals surface area (Å²) < 4.78 is 4.78. The van der Waals surface area contributed by atoms with Crippen LogP contribution in [0, 0.1) is 0 Å². The van der Waals surface area contributed by atoms with E-state index in [0.29, 0.717) is 0 Å². The number of nitrogens with zero attached hydrogens (tertiary/aromatic N) is 1. The number of carbonyl (C=O) groups excluding carboxylic acids is 1. The number of H-pyrrole nitrogens is 1. The number of hydrogen-bond acceptors (Lipinski definition) is 4. The number of aryl methyl sites for hydroxylation is 1. The number of esters is 1. The summed E-state index contributed by atoms with van der Waals surface area (Å²) in [6.07, 6.45) is 8.04. The number of nitrogens with one attached hydrogen (secondary N) is 1. The Labute approximate surface area is 115 Å². The fraction of sp³-hybridized carbons (Fsp3) is 0.286. The van der Waals surface area contributed by atoms with Crippen molar-refractivity contribution in [2.24, 2.45) is 0 Å². The molecule has 3 rings (SSSR count). The van der Waals surface area contributed by atoms with Gasteiger partial charge in [-0.1, -0.05) is 0 Å². The zero-order chi connectivity index (χ0) is 13.2. The van der Waals surface area contributed by atoms with Gasteiger partial charge in [0.05, 0.1) is 7.11 Å². The van der Waals surface area contributed by atoms with Crippen LogP contribution in [0.2, 0.25) is 0 Å². The number of thiophene rings is 1. The van der Waals surface area contributed by atoms with E-state index in [4.69, 9.17) is 4.74 Å². The molecule has 0 unspecified atom stereocenters. The summed E-state index contributed by atoms with van der Waals surface area (Å²) in [5, 5.41) is 0. The van der Waals surface area contributed by atoms with E-state index in [2.05, 4.69) is 16.0 Å². The second-order valence-corrected chi connectivity index (χ2v) is 5.69. The van der Waals surface area contributed by atoms with E-state index in [1.807, 2.05) is 12.3 Å². The molecule has 1 aliphatic rings. The molecular formula is C14H14N2O2S. The number of methoxy groups -OCH3 is 1. The minimum atomic E-state index is -0.218. The van der Waals surface area contributed by atoms with Gasteiger partial charge in [0.25, 0.3) is 0 Å². The fourth-order valence-electron chi connectivity index (χ4n) is 2.27. The normalized spacial score (nSPS) is 13.8. The lowest BCUT2D eigenvalue weighted by molar-refractivity contribution is -0.136. The first-order chi connectivity index (χ1) is 9.26. The van der Waals surface area contributed by atoms with Crippen molar-refractivity contribution in [2.75, 3.05) is 7.11 Å². The highest BCUT2D eigenvalue weighted by Crippen LogP contribution is 2.32. The van der Waals surface area contributed by atoms with Crippen molar-refractivity contribution in [3.63, 3.8) is 0 Å². The van der Waals surface area contributed by atoms with Crippen molar-refractivity contribution in [3.8, 4) is 0 Å². The smallest absolute Gasteiger partial charge is 0.333 e. The Morgan fingerprint density at radius 1 is 1.53 bits per heavy atom. The molecule has 1 aliphatic carbocycles. The minimum absolute atomic E-state index is 0.218. The van der Waals surface area contributed by atoms with Crippen molar-refractivity contribution in [1.82, 2.24) is 9.97 Å². The number of fused-ring (bicyclic) bond motifs is 1. The van der Waals surface area contributed by atoms with Crippen LogP contribution in [0.5, 0.6) is 0 Å². The van der Waals surface area contributed by atoms with Crippen LogP contribution in [-0.2, 0) is 22.4 Å². The highest BCUT2D eigenvalue weighted by atomic mass is 32.1. The van der Waals surface area contributed by atoms with Gasteiger partial charge in [-0.3, -0.25) is 0 Å². The van der Waals surface area contributed by atoms with E-state index in [1.165, 1.54) is 16.9 Å². The lowest BCUT2D eigenvalue weighted by Crippen LogP contribution is -2.08. The number of carbonyl (C=O) groups is 1. The van der Waals surface area contributed by atoms with Gasteiger partial charge in [-0.25, -0.2) is 9.78 Å². The molecule has 1 N–H and O–H groups in total. The van der Waals surface area contributed by atoms with E-state index in [1.54, 1.807) is 17.5 Å². The molecule has 2 aromatic heterocycles. The lowest BCUT2D eigenvalue weighted by Gasteiger charge is -2.10. The largest absolute Gasteiger partial charge is 0.466 e. The van der Waals surface area contributed by atoms with E-state index < -0.39 is 0 Å². The molecule has 0 radical (unpaired) electrons. The van der Waals surface area contributed by atoms with Crippen molar-refractivity contribution in [1.29, 1.82) is 0 Å². The maximum absolute atomic E-state index is 11.5. The number of aromatic amines is 1. The molecule has 0 saturated carbocycles. The Morgan fingerprint density at radius 2 is 2.42 bits per heavy atom. The first-order valence-corrected chi connectivity index (χ1v) is 6.96. The summed E-state index contributed by atoms with van der Waals surface area (Å²) in [5.41, 5.74) is 1.91. The summed E-state index contributed by atoms with van der Waals surface area (Å²) in [4.78, 5) is 21.5. The maximum atomic E-state index is 11.5. The highest BCUT2D eigenvalue weighted by molar-refractivity contribution is 7.12. The van der Waals surface area contributed by atoms with Crippen LogP contribution in [0.25, 0.3) is 6.08 Å². The highest BCUT2D eigenvalue weighted by Gasteiger charge is 2.19. The molecule has 5 heteroatoms. The van der Waals surface area contributed by atoms with Gasteiger partial charge in [0, 0.05) is 34.1 Å². The monoisotopic (exact) mass is 274 g/mol. The molecule has 98 valence electrons. The molecule has 0 amide bonds. The van der Waals surface area contributed by atoms with E-state index in [9.17, 15) is 4.79 Å². The standard InChI is InChI=1S/C14H14N2O2S/c1-18-14(17)9-2-3-12-10(6-9)7-11(19-12)8-13-15-4-5-16-13/h4-7H,2-3,8H2,1H3,(H,15,16). The van der Waals surface area contributed by atoms with Gasteiger partial charge in [0.15, 0.2) is 0 Å². The SMILES string of the molecule is COC(=O)C1=Cc2cc(Cc3ncc[nH]3)sc2CC1. The lowest BCUT2D eigenvalue weighted by atomic mass is 9.99. The van der Waals surface area contributed by atoms with Crippen LogP contribution in [-0.4, -0.2) is 23.0 Å². The van der Waals surface area contributed by atoms with Gasteiger partial charge in [0.2, 0.25) is 0 Å². The topological polar surface area (TPSA) is 55.0 Å². The average molecular weight is 274 g/mol. The molecule has 0 saturated heterocycles. The molecule has 4 nitrogen and oxygen atoms in total. The van der Waals surface area contributed by atoms with Crippen molar-refractivity contribution >= 4 is 23.4 Å². The van der Waals surface area contributed by atoms with E-state index >= 15 is 0 Å². The van der Waals surface area contributed by atoms with Gasteiger partial charge in [0.1, 0.15) is 5.82 Å². The first-order valence-electron chi connectivity index (χ1n) is 6.15. The Kier molecular flexibility index (Phi) is 3.21. The van der Waals surface area contributed by atoms with Crippen LogP contribution in [0.3, 0.4) is 0 Å². The van der Waals surface area contributed by atoms with Gasteiger partial charge >= 0.3 is 5.97 Å². The number of imidazole rings is 1. The third-order valence-electron chi connectivity index (χ3n) is 3.19. The molecule has 0 spiro atoms. The van der Waals surface area contributed by atoms with E-state index in [0.717, 1.165) is 36.2 Å². The quantitative estimate of drug-likeness (QED) is 0.875. The number of hydrogen-bond donors (Lipinski definition) is 1. The molecule has 19 heavy (non-hydrogen) atoms. The van der Waals surface area contributed by atoms with Gasteiger partial charge in [-0.15, -0.1) is 11.3 Å². The van der Waals surface area contributed by atoms with Crippen molar-refractivity contribution in [3.05, 3.63) is 45.2 Å². The van der Waals surface area contributed by atoms with Crippen molar-refractivity contribution in [2.45, 2.75) is 19.3 Å². The summed E-state index contributed by atoms with van der Waals surface area (Å²) in [7, 11) is 1.43. The van der Waals surface area contributed by atoms with Crippen LogP contribution in [0.15, 0.2) is 24.0 Å². The zero-order valence-electron chi connectivity index (χ0n) is 10.6. The van der Waals surface area contributed by atoms with Crippen LogP contribution in [0.4, 0.5) is 0 Å². The molecule has 0 bridgehead atoms. The Bertz CT molecular complexity index is 626. The predicted molar refractivity (Wildman–Crippen MR) is 74.0 cm³/mol. The Morgan fingerprint density at radius 3 is 3.16 bits per heavy atom. The third kappa shape index (κ3) is 2.46. The van der Waals surface area contributed by atoms with Crippen LogP contribution < -0.4 is 0 Å². The molecular weight excluding hydrogens is 260 g/mol. The Hall–Kier alpha value is -1.88. The maximum Gasteiger partial charge on any atom is 0.333 e. The van der Waals surface area contributed by atoms with Crippen LogP contribution >= 0.6 is 11.3 Å². The molecule has 0 fully saturated rings.